The number of anilines is 1. The second kappa shape index (κ2) is 10.1. The van der Waals surface area contributed by atoms with Crippen LogP contribution in [0.3, 0.4) is 0 Å². The maximum atomic E-state index is 12.9. The van der Waals surface area contributed by atoms with Gasteiger partial charge < -0.3 is 10.6 Å². The molecule has 1 saturated carbocycles. The lowest BCUT2D eigenvalue weighted by Gasteiger charge is -2.12. The zero-order chi connectivity index (χ0) is 23.8. The van der Waals surface area contributed by atoms with Crippen molar-refractivity contribution in [1.29, 1.82) is 0 Å². The summed E-state index contributed by atoms with van der Waals surface area (Å²) in [4.78, 5) is 25.2. The van der Waals surface area contributed by atoms with E-state index in [0.29, 0.717) is 15.6 Å². The summed E-state index contributed by atoms with van der Waals surface area (Å²) < 4.78 is 23.2. The zero-order valence-corrected chi connectivity index (χ0v) is 20.4. The Morgan fingerprint density at radius 3 is 2.22 bits per heavy atom. The predicted molar refractivity (Wildman–Crippen MR) is 125 cm³/mol. The van der Waals surface area contributed by atoms with E-state index in [4.69, 9.17) is 69.6 Å². The molecule has 0 heterocycles. The average molecular weight is 565 g/mol. The van der Waals surface area contributed by atoms with Gasteiger partial charge in [0.2, 0.25) is 12.3 Å². The standard InChI is InChI=1S/C20H14Cl6F2N2O2/c21-9-3-8(4-10(22)5-9)15-16(20(15,25)26)19(32)30-11-6-12(17(24)13(23)7-11)18(31)29-2-1-14(27)28/h3-7,14-16H,1-2H2,(H,29,31)(H,30,32). The van der Waals surface area contributed by atoms with Crippen LogP contribution in [0.2, 0.25) is 20.1 Å². The second-order valence-electron chi connectivity index (χ2n) is 7.08. The van der Waals surface area contributed by atoms with Crippen LogP contribution in [0.4, 0.5) is 14.5 Å². The fourth-order valence-corrected chi connectivity index (χ4v) is 5.04. The Bertz CT molecular complexity index is 1050. The van der Waals surface area contributed by atoms with E-state index in [9.17, 15) is 18.4 Å². The van der Waals surface area contributed by atoms with E-state index in [-0.39, 0.29) is 27.8 Å². The van der Waals surface area contributed by atoms with Gasteiger partial charge in [-0.05, 0) is 35.9 Å². The Kier molecular flexibility index (Phi) is 8.06. The van der Waals surface area contributed by atoms with Crippen molar-refractivity contribution in [2.75, 3.05) is 11.9 Å². The molecule has 2 aromatic carbocycles. The molecular weight excluding hydrogens is 551 g/mol. The highest BCUT2D eigenvalue weighted by molar-refractivity contribution is 6.53. The van der Waals surface area contributed by atoms with Crippen molar-refractivity contribution in [3.05, 3.63) is 61.5 Å². The molecule has 0 aromatic heterocycles. The summed E-state index contributed by atoms with van der Waals surface area (Å²) in [6.07, 6.45) is -3.08. The fourth-order valence-electron chi connectivity index (χ4n) is 3.26. The van der Waals surface area contributed by atoms with Gasteiger partial charge in [-0.1, -0.05) is 46.4 Å². The summed E-state index contributed by atoms with van der Waals surface area (Å²) in [5.41, 5.74) is 0.670. The predicted octanol–water partition coefficient (Wildman–Crippen LogP) is 7.21. The highest BCUT2D eigenvalue weighted by Crippen LogP contribution is 2.65. The molecule has 2 aromatic rings. The Morgan fingerprint density at radius 1 is 1.00 bits per heavy atom. The van der Waals surface area contributed by atoms with E-state index in [1.165, 1.54) is 18.2 Å². The number of hydrogen-bond acceptors (Lipinski definition) is 2. The molecule has 0 aliphatic heterocycles. The van der Waals surface area contributed by atoms with Gasteiger partial charge in [0, 0.05) is 34.6 Å². The van der Waals surface area contributed by atoms with E-state index in [1.807, 2.05) is 0 Å². The van der Waals surface area contributed by atoms with E-state index in [2.05, 4.69) is 10.6 Å². The number of carbonyl (C=O) groups is 2. The first-order valence-corrected chi connectivity index (χ1v) is 11.4. The highest BCUT2D eigenvalue weighted by atomic mass is 35.5. The molecule has 2 unspecified atom stereocenters. The molecule has 2 atom stereocenters. The second-order valence-corrected chi connectivity index (χ2v) is 10.2. The third-order valence-electron chi connectivity index (χ3n) is 4.77. The third-order valence-corrected chi connectivity index (χ3v) is 6.95. The van der Waals surface area contributed by atoms with Crippen molar-refractivity contribution in [2.24, 2.45) is 5.92 Å². The first-order chi connectivity index (χ1) is 14.9. The van der Waals surface area contributed by atoms with Crippen LogP contribution >= 0.6 is 69.6 Å². The number of amides is 2. The largest absolute Gasteiger partial charge is 0.352 e. The Labute approximate surface area is 212 Å². The average Bonchev–Trinajstić information content (AvgIpc) is 3.25. The molecule has 2 amide bonds. The van der Waals surface area contributed by atoms with Gasteiger partial charge in [-0.25, -0.2) is 8.78 Å². The molecule has 0 spiro atoms. The Hall–Kier alpha value is -1.02. The van der Waals surface area contributed by atoms with Crippen molar-refractivity contribution in [2.45, 2.75) is 23.1 Å². The molecule has 4 nitrogen and oxygen atoms in total. The van der Waals surface area contributed by atoms with E-state index in [1.54, 1.807) is 12.1 Å². The number of hydrogen-bond donors (Lipinski definition) is 2. The van der Waals surface area contributed by atoms with Crippen LogP contribution in [-0.4, -0.2) is 29.1 Å². The topological polar surface area (TPSA) is 58.2 Å². The first-order valence-electron chi connectivity index (χ1n) is 9.12. The fraction of sp³-hybridized carbons (Fsp3) is 0.300. The van der Waals surface area contributed by atoms with Crippen LogP contribution < -0.4 is 10.6 Å². The third kappa shape index (κ3) is 5.72. The lowest BCUT2D eigenvalue weighted by atomic mass is 10.1. The summed E-state index contributed by atoms with van der Waals surface area (Å²) in [5, 5.41) is 5.58. The van der Waals surface area contributed by atoms with E-state index < -0.39 is 40.8 Å². The van der Waals surface area contributed by atoms with Gasteiger partial charge in [-0.15, -0.1) is 23.2 Å². The lowest BCUT2D eigenvalue weighted by molar-refractivity contribution is -0.117. The lowest BCUT2D eigenvalue weighted by Crippen LogP contribution is -2.26. The van der Waals surface area contributed by atoms with Crippen LogP contribution in [0, 0.1) is 5.92 Å². The minimum atomic E-state index is -2.56. The number of halogens is 8. The Balaban J connectivity index is 1.77. The SMILES string of the molecule is O=C(NCCC(F)F)c1cc(NC(=O)C2C(c3cc(Cl)cc(Cl)c3)C2(Cl)Cl)cc(Cl)c1Cl. The molecule has 12 heteroatoms. The van der Waals surface area contributed by atoms with Crippen molar-refractivity contribution < 1.29 is 18.4 Å². The van der Waals surface area contributed by atoms with Crippen LogP contribution in [0.25, 0.3) is 0 Å². The molecule has 172 valence electrons. The van der Waals surface area contributed by atoms with Gasteiger partial charge in [0.1, 0.15) is 4.33 Å². The molecular formula is C20H14Cl6F2N2O2. The van der Waals surface area contributed by atoms with Gasteiger partial charge in [-0.3, -0.25) is 9.59 Å². The number of nitrogens with one attached hydrogen (secondary N) is 2. The van der Waals surface area contributed by atoms with Gasteiger partial charge in [0.15, 0.2) is 0 Å². The zero-order valence-electron chi connectivity index (χ0n) is 15.9. The quantitative estimate of drug-likeness (QED) is 0.349. The van der Waals surface area contributed by atoms with Crippen molar-refractivity contribution in [3.63, 3.8) is 0 Å². The molecule has 1 aliphatic carbocycles. The molecule has 3 rings (SSSR count). The van der Waals surface area contributed by atoms with Gasteiger partial charge in [0.25, 0.3) is 5.91 Å². The number of carbonyl (C=O) groups excluding carboxylic acids is 2. The maximum absolute atomic E-state index is 12.9. The van der Waals surface area contributed by atoms with Crippen LogP contribution in [0.1, 0.15) is 28.3 Å². The maximum Gasteiger partial charge on any atom is 0.252 e. The summed E-state index contributed by atoms with van der Waals surface area (Å²) in [6, 6.07) is 7.40. The number of rotatable bonds is 7. The molecule has 0 bridgehead atoms. The van der Waals surface area contributed by atoms with Crippen molar-refractivity contribution in [3.8, 4) is 0 Å². The van der Waals surface area contributed by atoms with E-state index in [0.717, 1.165) is 0 Å². The monoisotopic (exact) mass is 562 g/mol. The van der Waals surface area contributed by atoms with Gasteiger partial charge in [0.05, 0.1) is 21.5 Å². The molecule has 2 N–H and O–H groups in total. The smallest absolute Gasteiger partial charge is 0.252 e. The highest BCUT2D eigenvalue weighted by Gasteiger charge is 2.67. The minimum Gasteiger partial charge on any atom is -0.352 e. The van der Waals surface area contributed by atoms with Crippen LogP contribution in [0.15, 0.2) is 30.3 Å². The van der Waals surface area contributed by atoms with Crippen molar-refractivity contribution >= 4 is 87.1 Å². The molecule has 32 heavy (non-hydrogen) atoms. The van der Waals surface area contributed by atoms with E-state index >= 15 is 0 Å². The minimum absolute atomic E-state index is 0.0135. The molecule has 1 aliphatic rings. The summed E-state index contributed by atoms with van der Waals surface area (Å²) in [7, 11) is 0. The van der Waals surface area contributed by atoms with Crippen molar-refractivity contribution in [1.82, 2.24) is 5.32 Å². The number of alkyl halides is 4. The number of benzene rings is 2. The summed E-state index contributed by atoms with van der Waals surface area (Å²) in [5.74, 6) is -2.64. The molecule has 0 radical (unpaired) electrons. The Morgan fingerprint density at radius 2 is 1.62 bits per heavy atom. The van der Waals surface area contributed by atoms with Gasteiger partial charge in [-0.2, -0.15) is 0 Å². The first kappa shape index (κ1) is 25.6. The van der Waals surface area contributed by atoms with Crippen LogP contribution in [-0.2, 0) is 4.79 Å². The van der Waals surface area contributed by atoms with Crippen LogP contribution in [0.5, 0.6) is 0 Å². The molecule has 0 saturated heterocycles. The molecule has 1 fully saturated rings. The van der Waals surface area contributed by atoms with Gasteiger partial charge >= 0.3 is 0 Å². The summed E-state index contributed by atoms with van der Waals surface area (Å²) in [6.45, 7) is -0.256. The normalized spacial score (nSPS) is 19.0. The summed E-state index contributed by atoms with van der Waals surface area (Å²) >= 11 is 36.9.